The standard InChI is InChI=1S/C15H23ClFN/c1-4-11(5-2)12(10-18-6-3)15-13(16)8-7-9-14(15)17/h7-9,11-12,18H,4-6,10H2,1-3H3. The Morgan fingerprint density at radius 2 is 1.89 bits per heavy atom. The van der Waals surface area contributed by atoms with Crippen LogP contribution in [-0.4, -0.2) is 13.1 Å². The minimum absolute atomic E-state index is 0.147. The summed E-state index contributed by atoms with van der Waals surface area (Å²) in [6.07, 6.45) is 2.08. The van der Waals surface area contributed by atoms with Crippen molar-refractivity contribution in [2.75, 3.05) is 13.1 Å². The zero-order valence-electron chi connectivity index (χ0n) is 11.5. The highest BCUT2D eigenvalue weighted by Crippen LogP contribution is 2.35. The second kappa shape index (κ2) is 7.75. The van der Waals surface area contributed by atoms with Gasteiger partial charge in [-0.1, -0.05) is 51.3 Å². The lowest BCUT2D eigenvalue weighted by Gasteiger charge is -2.27. The Hall–Kier alpha value is -0.600. The molecule has 0 aliphatic carbocycles. The van der Waals surface area contributed by atoms with Gasteiger partial charge in [-0.2, -0.15) is 0 Å². The van der Waals surface area contributed by atoms with E-state index in [-0.39, 0.29) is 11.7 Å². The topological polar surface area (TPSA) is 12.0 Å². The van der Waals surface area contributed by atoms with Gasteiger partial charge in [0.1, 0.15) is 5.82 Å². The first-order valence-corrected chi connectivity index (χ1v) is 7.18. The van der Waals surface area contributed by atoms with Crippen molar-refractivity contribution < 1.29 is 4.39 Å². The lowest BCUT2D eigenvalue weighted by atomic mass is 9.82. The molecule has 0 saturated heterocycles. The van der Waals surface area contributed by atoms with Gasteiger partial charge in [-0.15, -0.1) is 0 Å². The van der Waals surface area contributed by atoms with Crippen LogP contribution in [0.5, 0.6) is 0 Å². The molecule has 1 unspecified atom stereocenters. The van der Waals surface area contributed by atoms with Crippen molar-refractivity contribution in [3.63, 3.8) is 0 Å². The summed E-state index contributed by atoms with van der Waals surface area (Å²) >= 11 is 6.19. The van der Waals surface area contributed by atoms with Crippen molar-refractivity contribution in [3.8, 4) is 0 Å². The van der Waals surface area contributed by atoms with E-state index in [1.165, 1.54) is 6.07 Å². The molecule has 3 heteroatoms. The first-order chi connectivity index (χ1) is 8.65. The number of rotatable bonds is 7. The van der Waals surface area contributed by atoms with Crippen LogP contribution < -0.4 is 5.32 Å². The molecule has 102 valence electrons. The number of nitrogens with one attached hydrogen (secondary N) is 1. The average molecular weight is 272 g/mol. The zero-order chi connectivity index (χ0) is 13.5. The lowest BCUT2D eigenvalue weighted by Crippen LogP contribution is -2.27. The van der Waals surface area contributed by atoms with E-state index >= 15 is 0 Å². The monoisotopic (exact) mass is 271 g/mol. The van der Waals surface area contributed by atoms with Gasteiger partial charge in [-0.25, -0.2) is 4.39 Å². The van der Waals surface area contributed by atoms with E-state index in [2.05, 4.69) is 26.1 Å². The van der Waals surface area contributed by atoms with Gasteiger partial charge >= 0.3 is 0 Å². The van der Waals surface area contributed by atoms with E-state index in [1.54, 1.807) is 12.1 Å². The molecule has 1 N–H and O–H groups in total. The molecule has 0 heterocycles. The summed E-state index contributed by atoms with van der Waals surface area (Å²) in [7, 11) is 0. The van der Waals surface area contributed by atoms with Gasteiger partial charge in [0.25, 0.3) is 0 Å². The van der Waals surface area contributed by atoms with Crippen LogP contribution in [0, 0.1) is 11.7 Å². The smallest absolute Gasteiger partial charge is 0.128 e. The Bertz CT molecular complexity index is 343. The molecule has 18 heavy (non-hydrogen) atoms. The van der Waals surface area contributed by atoms with Crippen molar-refractivity contribution in [2.45, 2.75) is 39.5 Å². The Morgan fingerprint density at radius 1 is 1.22 bits per heavy atom. The minimum atomic E-state index is -0.183. The predicted molar refractivity (Wildman–Crippen MR) is 76.8 cm³/mol. The Kier molecular flexibility index (Phi) is 6.66. The van der Waals surface area contributed by atoms with Crippen LogP contribution in [0.2, 0.25) is 5.02 Å². The Morgan fingerprint density at radius 3 is 2.39 bits per heavy atom. The molecule has 0 amide bonds. The summed E-state index contributed by atoms with van der Waals surface area (Å²) < 4.78 is 14.0. The molecule has 0 bridgehead atoms. The molecule has 0 aromatic heterocycles. The highest BCUT2D eigenvalue weighted by molar-refractivity contribution is 6.31. The summed E-state index contributed by atoms with van der Waals surface area (Å²) in [6.45, 7) is 8.04. The van der Waals surface area contributed by atoms with Gasteiger partial charge in [0, 0.05) is 23.0 Å². The van der Waals surface area contributed by atoms with Crippen molar-refractivity contribution >= 4 is 11.6 Å². The first-order valence-electron chi connectivity index (χ1n) is 6.80. The second-order valence-electron chi connectivity index (χ2n) is 4.63. The molecule has 0 spiro atoms. The van der Waals surface area contributed by atoms with E-state index in [1.807, 2.05) is 0 Å². The third-order valence-electron chi connectivity index (χ3n) is 3.60. The van der Waals surface area contributed by atoms with Crippen LogP contribution in [0.25, 0.3) is 0 Å². The van der Waals surface area contributed by atoms with Crippen LogP contribution in [-0.2, 0) is 0 Å². The van der Waals surface area contributed by atoms with Crippen molar-refractivity contribution in [2.24, 2.45) is 5.92 Å². The highest BCUT2D eigenvalue weighted by atomic mass is 35.5. The molecule has 1 aromatic rings. The molecule has 0 fully saturated rings. The third kappa shape index (κ3) is 3.69. The normalized spacial score (nSPS) is 13.0. The molecule has 1 nitrogen and oxygen atoms in total. The maximum Gasteiger partial charge on any atom is 0.128 e. The number of halogens is 2. The predicted octanol–water partition coefficient (Wildman–Crippen LogP) is 4.61. The highest BCUT2D eigenvalue weighted by Gasteiger charge is 2.25. The van der Waals surface area contributed by atoms with Gasteiger partial charge < -0.3 is 5.32 Å². The zero-order valence-corrected chi connectivity index (χ0v) is 12.2. The molecule has 0 saturated carbocycles. The fourth-order valence-electron chi connectivity index (χ4n) is 2.53. The van der Waals surface area contributed by atoms with Crippen LogP contribution in [0.15, 0.2) is 18.2 Å². The van der Waals surface area contributed by atoms with Crippen LogP contribution in [0.1, 0.15) is 45.1 Å². The van der Waals surface area contributed by atoms with Gasteiger partial charge in [0.15, 0.2) is 0 Å². The molecule has 1 aromatic carbocycles. The number of likely N-dealkylation sites (N-methyl/N-ethyl adjacent to an activating group) is 1. The molecular weight excluding hydrogens is 249 g/mol. The summed E-state index contributed by atoms with van der Waals surface area (Å²) in [4.78, 5) is 0. The average Bonchev–Trinajstić information content (AvgIpc) is 2.36. The minimum Gasteiger partial charge on any atom is -0.316 e. The largest absolute Gasteiger partial charge is 0.316 e. The van der Waals surface area contributed by atoms with Gasteiger partial charge in [0.05, 0.1) is 0 Å². The molecule has 0 aliphatic heterocycles. The van der Waals surface area contributed by atoms with Crippen molar-refractivity contribution in [1.29, 1.82) is 0 Å². The maximum absolute atomic E-state index is 14.0. The van der Waals surface area contributed by atoms with Gasteiger partial charge in [0.2, 0.25) is 0 Å². The molecule has 1 rings (SSSR count). The summed E-state index contributed by atoms with van der Waals surface area (Å²) in [5.74, 6) is 0.421. The first kappa shape index (κ1) is 15.5. The number of hydrogen-bond acceptors (Lipinski definition) is 1. The van der Waals surface area contributed by atoms with Crippen LogP contribution >= 0.6 is 11.6 Å². The lowest BCUT2D eigenvalue weighted by molar-refractivity contribution is 0.372. The van der Waals surface area contributed by atoms with E-state index in [0.29, 0.717) is 16.5 Å². The summed E-state index contributed by atoms with van der Waals surface area (Å²) in [5.41, 5.74) is 0.675. The van der Waals surface area contributed by atoms with Gasteiger partial charge in [-0.05, 0) is 24.6 Å². The quantitative estimate of drug-likeness (QED) is 0.764. The van der Waals surface area contributed by atoms with Crippen LogP contribution in [0.4, 0.5) is 4.39 Å². The Labute approximate surface area is 115 Å². The second-order valence-corrected chi connectivity index (χ2v) is 5.03. The van der Waals surface area contributed by atoms with E-state index in [0.717, 1.165) is 25.9 Å². The van der Waals surface area contributed by atoms with Gasteiger partial charge in [-0.3, -0.25) is 0 Å². The van der Waals surface area contributed by atoms with E-state index in [4.69, 9.17) is 11.6 Å². The molecule has 0 aliphatic rings. The fraction of sp³-hybridized carbons (Fsp3) is 0.600. The van der Waals surface area contributed by atoms with Crippen LogP contribution in [0.3, 0.4) is 0 Å². The van der Waals surface area contributed by atoms with Crippen molar-refractivity contribution in [3.05, 3.63) is 34.6 Å². The fourth-order valence-corrected chi connectivity index (χ4v) is 2.83. The van der Waals surface area contributed by atoms with E-state index < -0.39 is 0 Å². The number of benzene rings is 1. The molecule has 1 atom stereocenters. The molecular formula is C15H23ClFN. The number of hydrogen-bond donors (Lipinski definition) is 1. The Balaban J connectivity index is 3.08. The summed E-state index contributed by atoms with van der Waals surface area (Å²) in [6, 6.07) is 4.95. The van der Waals surface area contributed by atoms with Crippen molar-refractivity contribution in [1.82, 2.24) is 5.32 Å². The molecule has 0 radical (unpaired) electrons. The third-order valence-corrected chi connectivity index (χ3v) is 3.93. The maximum atomic E-state index is 14.0. The SMILES string of the molecule is CCNCC(c1c(F)cccc1Cl)C(CC)CC. The van der Waals surface area contributed by atoms with E-state index in [9.17, 15) is 4.39 Å². The summed E-state index contributed by atoms with van der Waals surface area (Å²) in [5, 5.41) is 3.87.